The summed E-state index contributed by atoms with van der Waals surface area (Å²) in [7, 11) is 1.83. The first-order valence-electron chi connectivity index (χ1n) is 5.18. The molecule has 5 heteroatoms. The van der Waals surface area contributed by atoms with Gasteiger partial charge in [0, 0.05) is 45.0 Å². The average molecular weight is 208 g/mol. The van der Waals surface area contributed by atoms with Crippen molar-refractivity contribution in [2.75, 3.05) is 26.2 Å². The van der Waals surface area contributed by atoms with Gasteiger partial charge in [-0.1, -0.05) is 0 Å². The number of rotatable bonds is 1. The molecule has 1 aliphatic heterocycles. The Bertz CT molecular complexity index is 365. The SMILES string of the molecule is Cc1cn(C)nc1C(=O)N1CCNCC1. The lowest BCUT2D eigenvalue weighted by Gasteiger charge is -2.26. The summed E-state index contributed by atoms with van der Waals surface area (Å²) in [5, 5.41) is 7.41. The van der Waals surface area contributed by atoms with E-state index in [0.717, 1.165) is 31.7 Å². The minimum Gasteiger partial charge on any atom is -0.335 e. The van der Waals surface area contributed by atoms with E-state index < -0.39 is 0 Å². The third-order valence-electron chi connectivity index (χ3n) is 2.62. The quantitative estimate of drug-likeness (QED) is 0.694. The predicted molar refractivity (Wildman–Crippen MR) is 56.7 cm³/mol. The summed E-state index contributed by atoms with van der Waals surface area (Å²) < 4.78 is 1.69. The molecule has 0 bridgehead atoms. The highest BCUT2D eigenvalue weighted by atomic mass is 16.2. The highest BCUT2D eigenvalue weighted by Gasteiger charge is 2.21. The molecule has 2 rings (SSSR count). The predicted octanol–water partition coefficient (Wildman–Crippen LogP) is -0.226. The van der Waals surface area contributed by atoms with Crippen LogP contribution in [0, 0.1) is 6.92 Å². The lowest BCUT2D eigenvalue weighted by atomic mass is 10.2. The maximum Gasteiger partial charge on any atom is 0.274 e. The van der Waals surface area contributed by atoms with Crippen LogP contribution in [0.5, 0.6) is 0 Å². The summed E-state index contributed by atoms with van der Waals surface area (Å²) in [5.74, 6) is 0.0506. The Morgan fingerprint density at radius 1 is 1.47 bits per heavy atom. The normalized spacial score (nSPS) is 16.8. The van der Waals surface area contributed by atoms with E-state index in [1.165, 1.54) is 0 Å². The first kappa shape index (κ1) is 10.2. The Balaban J connectivity index is 2.16. The molecular formula is C10H16N4O. The van der Waals surface area contributed by atoms with Crippen molar-refractivity contribution in [2.24, 2.45) is 7.05 Å². The second-order valence-electron chi connectivity index (χ2n) is 3.88. The van der Waals surface area contributed by atoms with E-state index in [9.17, 15) is 4.79 Å². The lowest BCUT2D eigenvalue weighted by Crippen LogP contribution is -2.46. The second-order valence-corrected chi connectivity index (χ2v) is 3.88. The number of nitrogens with one attached hydrogen (secondary N) is 1. The van der Waals surface area contributed by atoms with Gasteiger partial charge in [-0.2, -0.15) is 5.10 Å². The zero-order chi connectivity index (χ0) is 10.8. The number of aryl methyl sites for hydroxylation is 2. The molecule has 0 aromatic carbocycles. The summed E-state index contributed by atoms with van der Waals surface area (Å²) in [6.07, 6.45) is 1.87. The Kier molecular flexibility index (Phi) is 2.73. The van der Waals surface area contributed by atoms with Crippen LogP contribution < -0.4 is 5.32 Å². The van der Waals surface area contributed by atoms with Gasteiger partial charge in [0.15, 0.2) is 5.69 Å². The molecule has 1 aromatic rings. The van der Waals surface area contributed by atoms with Crippen molar-refractivity contribution < 1.29 is 4.79 Å². The first-order chi connectivity index (χ1) is 7.18. The number of amides is 1. The molecule has 1 saturated heterocycles. The third-order valence-corrected chi connectivity index (χ3v) is 2.62. The molecule has 0 aliphatic carbocycles. The van der Waals surface area contributed by atoms with Crippen LogP contribution in [-0.4, -0.2) is 46.8 Å². The molecule has 82 valence electrons. The summed E-state index contributed by atoms with van der Waals surface area (Å²) in [4.78, 5) is 13.9. The van der Waals surface area contributed by atoms with Gasteiger partial charge in [-0.3, -0.25) is 9.48 Å². The molecule has 1 aliphatic rings. The topological polar surface area (TPSA) is 50.2 Å². The highest BCUT2D eigenvalue weighted by molar-refractivity contribution is 5.93. The van der Waals surface area contributed by atoms with Crippen LogP contribution in [0.1, 0.15) is 16.1 Å². The van der Waals surface area contributed by atoms with Crippen LogP contribution >= 0.6 is 0 Å². The number of aromatic nitrogens is 2. The minimum atomic E-state index is 0.0506. The number of piperazine rings is 1. The van der Waals surface area contributed by atoms with Crippen molar-refractivity contribution in [3.05, 3.63) is 17.5 Å². The van der Waals surface area contributed by atoms with Gasteiger partial charge < -0.3 is 10.2 Å². The van der Waals surface area contributed by atoms with E-state index >= 15 is 0 Å². The fourth-order valence-corrected chi connectivity index (χ4v) is 1.84. The maximum atomic E-state index is 12.1. The van der Waals surface area contributed by atoms with Gasteiger partial charge in [-0.05, 0) is 6.92 Å². The van der Waals surface area contributed by atoms with Gasteiger partial charge in [0.2, 0.25) is 0 Å². The second kappa shape index (κ2) is 4.02. The van der Waals surface area contributed by atoms with Gasteiger partial charge in [-0.15, -0.1) is 0 Å². The molecule has 0 radical (unpaired) electrons. The van der Waals surface area contributed by atoms with E-state index in [-0.39, 0.29) is 5.91 Å². The monoisotopic (exact) mass is 208 g/mol. The minimum absolute atomic E-state index is 0.0506. The fourth-order valence-electron chi connectivity index (χ4n) is 1.84. The Labute approximate surface area is 89.1 Å². The van der Waals surface area contributed by atoms with E-state index in [0.29, 0.717) is 5.69 Å². The summed E-state index contributed by atoms with van der Waals surface area (Å²) in [6.45, 7) is 5.21. The van der Waals surface area contributed by atoms with Gasteiger partial charge in [0.05, 0.1) is 0 Å². The third kappa shape index (κ3) is 2.02. The smallest absolute Gasteiger partial charge is 0.274 e. The Morgan fingerprint density at radius 2 is 2.13 bits per heavy atom. The van der Waals surface area contributed by atoms with Gasteiger partial charge in [-0.25, -0.2) is 0 Å². The first-order valence-corrected chi connectivity index (χ1v) is 5.18. The van der Waals surface area contributed by atoms with E-state index in [2.05, 4.69) is 10.4 Å². The zero-order valence-electron chi connectivity index (χ0n) is 9.16. The van der Waals surface area contributed by atoms with Gasteiger partial charge in [0.1, 0.15) is 0 Å². The molecule has 1 fully saturated rings. The van der Waals surface area contributed by atoms with Crippen molar-refractivity contribution in [2.45, 2.75) is 6.92 Å². The maximum absolute atomic E-state index is 12.1. The number of nitrogens with zero attached hydrogens (tertiary/aromatic N) is 3. The summed E-state index contributed by atoms with van der Waals surface area (Å²) in [6, 6.07) is 0. The van der Waals surface area contributed by atoms with Crippen molar-refractivity contribution in [3.63, 3.8) is 0 Å². The molecule has 15 heavy (non-hydrogen) atoms. The van der Waals surface area contributed by atoms with E-state index in [1.54, 1.807) is 4.68 Å². The molecule has 2 heterocycles. The van der Waals surface area contributed by atoms with Crippen LogP contribution in [-0.2, 0) is 7.05 Å². The molecular weight excluding hydrogens is 192 g/mol. The van der Waals surface area contributed by atoms with Crippen molar-refractivity contribution in [3.8, 4) is 0 Å². The largest absolute Gasteiger partial charge is 0.335 e. The fraction of sp³-hybridized carbons (Fsp3) is 0.600. The number of carbonyl (C=O) groups excluding carboxylic acids is 1. The van der Waals surface area contributed by atoms with Gasteiger partial charge in [0.25, 0.3) is 5.91 Å². The summed E-state index contributed by atoms with van der Waals surface area (Å²) >= 11 is 0. The van der Waals surface area contributed by atoms with Crippen molar-refractivity contribution in [1.82, 2.24) is 20.0 Å². The Hall–Kier alpha value is -1.36. The number of carbonyl (C=O) groups is 1. The lowest BCUT2D eigenvalue weighted by molar-refractivity contribution is 0.0728. The van der Waals surface area contributed by atoms with Crippen LogP contribution in [0.3, 0.4) is 0 Å². The molecule has 1 aromatic heterocycles. The molecule has 0 unspecified atom stereocenters. The van der Waals surface area contributed by atoms with Crippen LogP contribution in [0.15, 0.2) is 6.20 Å². The molecule has 1 amide bonds. The van der Waals surface area contributed by atoms with E-state index in [4.69, 9.17) is 0 Å². The van der Waals surface area contributed by atoms with Crippen LogP contribution in [0.2, 0.25) is 0 Å². The molecule has 0 saturated carbocycles. The molecule has 0 spiro atoms. The van der Waals surface area contributed by atoms with Crippen molar-refractivity contribution in [1.29, 1.82) is 0 Å². The van der Waals surface area contributed by atoms with Crippen LogP contribution in [0.4, 0.5) is 0 Å². The summed E-state index contributed by atoms with van der Waals surface area (Å²) in [5.41, 5.74) is 1.53. The number of hydrogen-bond acceptors (Lipinski definition) is 3. The van der Waals surface area contributed by atoms with Gasteiger partial charge >= 0.3 is 0 Å². The molecule has 0 atom stereocenters. The standard InChI is InChI=1S/C10H16N4O/c1-8-7-13(2)12-9(8)10(15)14-5-3-11-4-6-14/h7,11H,3-6H2,1-2H3. The van der Waals surface area contributed by atoms with E-state index in [1.807, 2.05) is 25.1 Å². The molecule has 5 nitrogen and oxygen atoms in total. The molecule has 1 N–H and O–H groups in total. The Morgan fingerprint density at radius 3 is 2.67 bits per heavy atom. The van der Waals surface area contributed by atoms with Crippen molar-refractivity contribution >= 4 is 5.91 Å². The van der Waals surface area contributed by atoms with Crippen LogP contribution in [0.25, 0.3) is 0 Å². The number of hydrogen-bond donors (Lipinski definition) is 1. The highest BCUT2D eigenvalue weighted by Crippen LogP contribution is 2.08. The average Bonchev–Trinajstić information content (AvgIpc) is 2.58. The zero-order valence-corrected chi connectivity index (χ0v) is 9.16.